The van der Waals surface area contributed by atoms with E-state index in [-0.39, 0.29) is 6.10 Å². The van der Waals surface area contributed by atoms with Gasteiger partial charge in [0.15, 0.2) is 0 Å². The van der Waals surface area contributed by atoms with Gasteiger partial charge in [-0.25, -0.2) is 0 Å². The third-order valence-corrected chi connectivity index (χ3v) is 8.21. The summed E-state index contributed by atoms with van der Waals surface area (Å²) in [5.41, 5.74) is 0. The summed E-state index contributed by atoms with van der Waals surface area (Å²) in [6, 6.07) is 9.61. The van der Waals surface area contributed by atoms with Gasteiger partial charge in [-0.05, 0) is 68.4 Å². The normalized spacial score (nSPS) is 29.6. The van der Waals surface area contributed by atoms with Gasteiger partial charge in [-0.2, -0.15) is 0 Å². The van der Waals surface area contributed by atoms with Crippen molar-refractivity contribution < 1.29 is 9.09 Å². The molecule has 0 amide bonds. The van der Waals surface area contributed by atoms with E-state index in [1.54, 1.807) is 0 Å². The molecule has 26 heavy (non-hydrogen) atoms. The van der Waals surface area contributed by atoms with Crippen molar-refractivity contribution in [2.24, 2.45) is 17.8 Å². The Morgan fingerprint density at radius 2 is 1.81 bits per heavy atom. The van der Waals surface area contributed by atoms with E-state index in [0.29, 0.717) is 23.1 Å². The molecule has 2 saturated carbocycles. The van der Waals surface area contributed by atoms with Crippen LogP contribution in [0.2, 0.25) is 0 Å². The highest BCUT2D eigenvalue weighted by atomic mass is 31.2. The molecule has 2 aliphatic rings. The number of allylic oxidation sites excluding steroid dienone is 1. The Bertz CT molecular complexity index is 645. The molecule has 0 spiro atoms. The van der Waals surface area contributed by atoms with Crippen molar-refractivity contribution >= 4 is 12.7 Å². The lowest BCUT2D eigenvalue weighted by Crippen LogP contribution is -2.34. The van der Waals surface area contributed by atoms with Gasteiger partial charge in [-0.1, -0.05) is 52.0 Å². The highest BCUT2D eigenvalue weighted by molar-refractivity contribution is 7.71. The van der Waals surface area contributed by atoms with Crippen LogP contribution in [0.4, 0.5) is 0 Å². The van der Waals surface area contributed by atoms with E-state index in [1.165, 1.54) is 6.42 Å². The van der Waals surface area contributed by atoms with Crippen molar-refractivity contribution in [3.63, 3.8) is 0 Å². The highest BCUT2D eigenvalue weighted by Crippen LogP contribution is 2.61. The molecule has 0 aromatic heterocycles. The molecule has 3 rings (SSSR count). The second-order valence-electron chi connectivity index (χ2n) is 7.98. The van der Waals surface area contributed by atoms with E-state index < -0.39 is 7.37 Å². The fourth-order valence-corrected chi connectivity index (χ4v) is 6.31. The number of benzene rings is 1. The van der Waals surface area contributed by atoms with Gasteiger partial charge in [0.1, 0.15) is 0 Å². The zero-order valence-electron chi connectivity index (χ0n) is 16.1. The van der Waals surface area contributed by atoms with Crippen LogP contribution in [0, 0.1) is 49.4 Å². The second kappa shape index (κ2) is 8.44. The summed E-state index contributed by atoms with van der Waals surface area (Å²) in [6.45, 7) is 11.0. The van der Waals surface area contributed by atoms with Crippen LogP contribution in [-0.2, 0) is 9.09 Å². The summed E-state index contributed by atoms with van der Waals surface area (Å²) in [5, 5.41) is 1.35. The minimum Gasteiger partial charge on any atom is -0.319 e. The van der Waals surface area contributed by atoms with Crippen LogP contribution < -0.4 is 5.30 Å². The van der Waals surface area contributed by atoms with E-state index in [9.17, 15) is 4.57 Å². The van der Waals surface area contributed by atoms with Crippen molar-refractivity contribution in [3.05, 3.63) is 73.8 Å². The van der Waals surface area contributed by atoms with E-state index in [1.807, 2.05) is 56.0 Å². The molecular formula is C23H30O2P. The minimum atomic E-state index is -3.22. The van der Waals surface area contributed by atoms with Crippen molar-refractivity contribution in [3.8, 4) is 0 Å². The van der Waals surface area contributed by atoms with Gasteiger partial charge in [0.2, 0.25) is 0 Å². The van der Waals surface area contributed by atoms with Gasteiger partial charge in [-0.15, -0.1) is 0 Å². The molecule has 0 saturated heterocycles. The zero-order chi connectivity index (χ0) is 18.7. The van der Waals surface area contributed by atoms with Crippen LogP contribution in [0.3, 0.4) is 0 Å². The van der Waals surface area contributed by atoms with Gasteiger partial charge >= 0.3 is 0 Å². The van der Waals surface area contributed by atoms with E-state index >= 15 is 0 Å². The number of hydrogen-bond donors (Lipinski definition) is 0. The lowest BCUT2D eigenvalue weighted by atomic mass is 9.75. The van der Waals surface area contributed by atoms with E-state index in [0.717, 1.165) is 24.1 Å². The van der Waals surface area contributed by atoms with Crippen molar-refractivity contribution in [2.45, 2.75) is 46.1 Å². The van der Waals surface area contributed by atoms with Crippen molar-refractivity contribution in [1.82, 2.24) is 0 Å². The molecule has 0 heterocycles. The fourth-order valence-electron chi connectivity index (χ4n) is 4.07. The van der Waals surface area contributed by atoms with Crippen molar-refractivity contribution in [1.29, 1.82) is 0 Å². The smallest absolute Gasteiger partial charge is 0.257 e. The van der Waals surface area contributed by atoms with Crippen molar-refractivity contribution in [2.75, 3.05) is 0 Å². The predicted octanol–water partition coefficient (Wildman–Crippen LogP) is 5.99. The predicted molar refractivity (Wildman–Crippen MR) is 109 cm³/mol. The highest BCUT2D eigenvalue weighted by Gasteiger charge is 2.42. The van der Waals surface area contributed by atoms with E-state index in [4.69, 9.17) is 4.52 Å². The minimum absolute atomic E-state index is 0.0106. The quantitative estimate of drug-likeness (QED) is 0.576. The van der Waals surface area contributed by atoms with Crippen LogP contribution in [0.15, 0.2) is 42.2 Å². The Morgan fingerprint density at radius 1 is 1.15 bits per heavy atom. The number of hydrogen-bond acceptors (Lipinski definition) is 2. The average Bonchev–Trinajstić information content (AvgIpc) is 3.16. The molecule has 5 radical (unpaired) electrons. The molecular weight excluding hydrogens is 339 g/mol. The Hall–Kier alpha value is -0.850. The SMILES string of the molecule is C=C([C]1[CH][CH][CH][CH]1)[P@@](=O)(O[C@@H]1C[C@H](C)CC[C@H]1C(C)C)c1ccccc1. The molecule has 0 unspecified atom stereocenters. The Balaban J connectivity index is 1.92. The summed E-state index contributed by atoms with van der Waals surface area (Å²) < 4.78 is 20.8. The Labute approximate surface area is 159 Å². The molecule has 1 aromatic carbocycles. The summed E-state index contributed by atoms with van der Waals surface area (Å²) in [6.07, 6.45) is 11.2. The summed E-state index contributed by atoms with van der Waals surface area (Å²) in [5.74, 6) is 2.47. The second-order valence-corrected chi connectivity index (χ2v) is 10.3. The molecule has 3 heteroatoms. The lowest BCUT2D eigenvalue weighted by Gasteiger charge is -2.39. The summed E-state index contributed by atoms with van der Waals surface area (Å²) >= 11 is 0. The first-order chi connectivity index (χ1) is 12.4. The Morgan fingerprint density at radius 3 is 2.42 bits per heavy atom. The molecule has 2 fully saturated rings. The first-order valence-electron chi connectivity index (χ1n) is 9.67. The summed E-state index contributed by atoms with van der Waals surface area (Å²) in [7, 11) is -3.22. The monoisotopic (exact) mass is 369 g/mol. The van der Waals surface area contributed by atoms with Gasteiger partial charge in [0.05, 0.1) is 6.10 Å². The van der Waals surface area contributed by atoms with Crippen LogP contribution in [0.5, 0.6) is 0 Å². The van der Waals surface area contributed by atoms with Gasteiger partial charge in [0, 0.05) is 16.5 Å². The zero-order valence-corrected chi connectivity index (χ0v) is 17.0. The van der Waals surface area contributed by atoms with E-state index in [2.05, 4.69) is 27.4 Å². The first-order valence-corrected chi connectivity index (χ1v) is 11.3. The molecule has 4 atom stereocenters. The maximum absolute atomic E-state index is 14.2. The maximum Gasteiger partial charge on any atom is 0.257 e. The third kappa shape index (κ3) is 4.18. The maximum atomic E-state index is 14.2. The Kier molecular flexibility index (Phi) is 6.46. The molecule has 0 aliphatic heterocycles. The molecule has 1 aromatic rings. The molecule has 2 nitrogen and oxygen atoms in total. The topological polar surface area (TPSA) is 26.3 Å². The standard InChI is InChI=1S/C23H30O2P/c1-17(2)22-15-14-18(3)16-23(22)25-26(24,21-12-6-5-7-13-21)19(4)20-10-8-9-11-20/h5-13,17-18,22-23H,4,14-16H2,1-3H3/t18-,22+,23-,26-/m1/s1. The van der Waals surface area contributed by atoms with Crippen LogP contribution in [0.25, 0.3) is 0 Å². The lowest BCUT2D eigenvalue weighted by molar-refractivity contribution is 0.0508. The molecule has 0 N–H and O–H groups in total. The third-order valence-electron chi connectivity index (χ3n) is 5.69. The van der Waals surface area contributed by atoms with Crippen LogP contribution in [0.1, 0.15) is 40.0 Å². The summed E-state index contributed by atoms with van der Waals surface area (Å²) in [4.78, 5) is 0. The van der Waals surface area contributed by atoms with Gasteiger partial charge in [-0.3, -0.25) is 4.57 Å². The molecule has 2 aliphatic carbocycles. The molecule has 139 valence electrons. The average molecular weight is 369 g/mol. The number of rotatable bonds is 6. The van der Waals surface area contributed by atoms with Gasteiger partial charge in [0.25, 0.3) is 7.37 Å². The largest absolute Gasteiger partial charge is 0.319 e. The van der Waals surface area contributed by atoms with Gasteiger partial charge < -0.3 is 4.52 Å². The fraction of sp³-hybridized carbons (Fsp3) is 0.435. The molecule has 0 bridgehead atoms. The van der Waals surface area contributed by atoms with Crippen LogP contribution >= 0.6 is 7.37 Å². The first kappa shape index (κ1) is 19.9. The van der Waals surface area contributed by atoms with Crippen LogP contribution in [-0.4, -0.2) is 6.10 Å².